The van der Waals surface area contributed by atoms with Crippen LogP contribution < -0.4 is 10.6 Å². The number of rotatable bonds is 5. The van der Waals surface area contributed by atoms with Gasteiger partial charge >= 0.3 is 6.03 Å². The first kappa shape index (κ1) is 15.1. The van der Waals surface area contributed by atoms with Crippen LogP contribution in [0.15, 0.2) is 28.7 Å². The topological polar surface area (TPSA) is 67.2 Å². The van der Waals surface area contributed by atoms with Crippen molar-refractivity contribution in [2.75, 3.05) is 6.54 Å². The molecule has 0 saturated carbocycles. The highest BCUT2D eigenvalue weighted by Crippen LogP contribution is 2.21. The lowest BCUT2D eigenvalue weighted by molar-refractivity contribution is 0.240. The summed E-state index contributed by atoms with van der Waals surface area (Å²) in [5.74, 6) is 1.31. The van der Waals surface area contributed by atoms with Gasteiger partial charge in [0.2, 0.25) is 5.89 Å². The van der Waals surface area contributed by atoms with Gasteiger partial charge in [0.25, 0.3) is 0 Å². The fraction of sp³-hybridized carbons (Fsp3) is 0.375. The zero-order valence-corrected chi connectivity index (χ0v) is 12.7. The lowest BCUT2D eigenvalue weighted by Gasteiger charge is -2.04. The van der Waals surface area contributed by atoms with Crippen LogP contribution in [0, 0.1) is 13.8 Å². The van der Waals surface area contributed by atoms with Gasteiger partial charge in [0.1, 0.15) is 11.5 Å². The van der Waals surface area contributed by atoms with Crippen molar-refractivity contribution in [2.45, 2.75) is 33.7 Å². The lowest BCUT2D eigenvalue weighted by atomic mass is 10.1. The number of hydrogen-bond donors (Lipinski definition) is 2. The summed E-state index contributed by atoms with van der Waals surface area (Å²) in [6, 6.07) is 7.81. The SMILES string of the molecule is CCCNC(=O)NCc1nc(-c2ccc(C)cc2)oc1C. The molecule has 0 aliphatic carbocycles. The summed E-state index contributed by atoms with van der Waals surface area (Å²) in [6.07, 6.45) is 0.911. The van der Waals surface area contributed by atoms with Gasteiger partial charge in [-0.05, 0) is 32.4 Å². The molecule has 0 radical (unpaired) electrons. The van der Waals surface area contributed by atoms with Gasteiger partial charge in [-0.1, -0.05) is 24.6 Å². The first-order chi connectivity index (χ1) is 10.1. The number of carbonyl (C=O) groups is 1. The second-order valence-corrected chi connectivity index (χ2v) is 5.00. The maximum atomic E-state index is 11.5. The molecule has 0 fully saturated rings. The summed E-state index contributed by atoms with van der Waals surface area (Å²) in [5.41, 5.74) is 2.87. The molecule has 0 aliphatic heterocycles. The first-order valence-electron chi connectivity index (χ1n) is 7.15. The third kappa shape index (κ3) is 4.08. The van der Waals surface area contributed by atoms with Gasteiger partial charge in [-0.3, -0.25) is 0 Å². The van der Waals surface area contributed by atoms with E-state index in [1.165, 1.54) is 5.56 Å². The molecule has 1 aromatic carbocycles. The zero-order valence-electron chi connectivity index (χ0n) is 12.7. The minimum absolute atomic E-state index is 0.184. The van der Waals surface area contributed by atoms with Crippen molar-refractivity contribution in [3.05, 3.63) is 41.3 Å². The summed E-state index contributed by atoms with van der Waals surface area (Å²) in [5, 5.41) is 5.53. The van der Waals surface area contributed by atoms with Crippen LogP contribution >= 0.6 is 0 Å². The van der Waals surface area contributed by atoms with Gasteiger partial charge in [-0.2, -0.15) is 0 Å². The molecule has 0 bridgehead atoms. The molecule has 5 nitrogen and oxygen atoms in total. The molecule has 0 aliphatic rings. The number of urea groups is 1. The second-order valence-electron chi connectivity index (χ2n) is 5.00. The highest BCUT2D eigenvalue weighted by Gasteiger charge is 2.12. The third-order valence-corrected chi connectivity index (χ3v) is 3.14. The van der Waals surface area contributed by atoms with Gasteiger partial charge in [0.15, 0.2) is 0 Å². The van der Waals surface area contributed by atoms with E-state index in [1.54, 1.807) is 0 Å². The number of nitrogens with zero attached hydrogens (tertiary/aromatic N) is 1. The van der Waals surface area contributed by atoms with Crippen molar-refractivity contribution in [1.29, 1.82) is 0 Å². The van der Waals surface area contributed by atoms with Crippen molar-refractivity contribution in [3.63, 3.8) is 0 Å². The van der Waals surface area contributed by atoms with Crippen LogP contribution in [0.2, 0.25) is 0 Å². The normalized spacial score (nSPS) is 10.4. The Balaban J connectivity index is 2.02. The molecule has 1 aromatic heterocycles. The van der Waals surface area contributed by atoms with E-state index in [9.17, 15) is 4.79 Å². The molecule has 21 heavy (non-hydrogen) atoms. The van der Waals surface area contributed by atoms with Gasteiger partial charge in [0, 0.05) is 12.1 Å². The van der Waals surface area contributed by atoms with E-state index in [0.29, 0.717) is 19.0 Å². The van der Waals surface area contributed by atoms with Crippen LogP contribution in [0.1, 0.15) is 30.4 Å². The van der Waals surface area contributed by atoms with E-state index in [1.807, 2.05) is 45.0 Å². The Bertz CT molecular complexity index is 602. The predicted molar refractivity (Wildman–Crippen MR) is 81.9 cm³/mol. The van der Waals surface area contributed by atoms with Crippen molar-refractivity contribution in [1.82, 2.24) is 15.6 Å². The predicted octanol–water partition coefficient (Wildman–Crippen LogP) is 3.17. The molecule has 5 heteroatoms. The van der Waals surface area contributed by atoms with E-state index in [0.717, 1.165) is 23.4 Å². The van der Waals surface area contributed by atoms with Crippen molar-refractivity contribution in [3.8, 4) is 11.5 Å². The van der Waals surface area contributed by atoms with Crippen molar-refractivity contribution in [2.24, 2.45) is 0 Å². The van der Waals surface area contributed by atoms with Crippen LogP contribution in [-0.2, 0) is 6.54 Å². The summed E-state index contributed by atoms with van der Waals surface area (Å²) in [7, 11) is 0. The zero-order chi connectivity index (χ0) is 15.2. The number of amides is 2. The van der Waals surface area contributed by atoms with E-state index < -0.39 is 0 Å². The number of benzene rings is 1. The summed E-state index contributed by atoms with van der Waals surface area (Å²) in [4.78, 5) is 16.0. The Labute approximate surface area is 124 Å². The second kappa shape index (κ2) is 6.92. The number of carbonyl (C=O) groups excluding carboxylic acids is 1. The van der Waals surface area contributed by atoms with Gasteiger partial charge < -0.3 is 15.1 Å². The van der Waals surface area contributed by atoms with Crippen molar-refractivity contribution >= 4 is 6.03 Å². The van der Waals surface area contributed by atoms with Crippen LogP contribution in [0.3, 0.4) is 0 Å². The summed E-state index contributed by atoms with van der Waals surface area (Å²) >= 11 is 0. The Morgan fingerprint density at radius 2 is 1.90 bits per heavy atom. The molecule has 2 aromatic rings. The van der Waals surface area contributed by atoms with Crippen LogP contribution in [0.4, 0.5) is 4.79 Å². The van der Waals surface area contributed by atoms with Crippen LogP contribution in [-0.4, -0.2) is 17.6 Å². The van der Waals surface area contributed by atoms with E-state index in [4.69, 9.17) is 4.42 Å². The lowest BCUT2D eigenvalue weighted by Crippen LogP contribution is -2.35. The van der Waals surface area contributed by atoms with Crippen LogP contribution in [0.5, 0.6) is 0 Å². The van der Waals surface area contributed by atoms with Gasteiger partial charge in [0.05, 0.1) is 6.54 Å². The number of hydrogen-bond acceptors (Lipinski definition) is 3. The number of oxazole rings is 1. The van der Waals surface area contributed by atoms with Crippen molar-refractivity contribution < 1.29 is 9.21 Å². The van der Waals surface area contributed by atoms with E-state index in [2.05, 4.69) is 15.6 Å². The number of nitrogens with one attached hydrogen (secondary N) is 2. The molecule has 1 heterocycles. The third-order valence-electron chi connectivity index (χ3n) is 3.14. The van der Waals surface area contributed by atoms with E-state index in [-0.39, 0.29) is 6.03 Å². The monoisotopic (exact) mass is 287 g/mol. The molecule has 2 amide bonds. The average Bonchev–Trinajstić information content (AvgIpc) is 2.85. The molecular formula is C16H21N3O2. The highest BCUT2D eigenvalue weighted by molar-refractivity contribution is 5.73. The number of aryl methyl sites for hydroxylation is 2. The number of aromatic nitrogens is 1. The Morgan fingerprint density at radius 1 is 1.19 bits per heavy atom. The molecule has 0 spiro atoms. The minimum atomic E-state index is -0.184. The molecular weight excluding hydrogens is 266 g/mol. The van der Waals surface area contributed by atoms with Gasteiger partial charge in [-0.25, -0.2) is 9.78 Å². The molecule has 0 unspecified atom stereocenters. The fourth-order valence-electron chi connectivity index (χ4n) is 1.88. The Morgan fingerprint density at radius 3 is 2.57 bits per heavy atom. The maximum absolute atomic E-state index is 11.5. The first-order valence-corrected chi connectivity index (χ1v) is 7.15. The highest BCUT2D eigenvalue weighted by atomic mass is 16.4. The standard InChI is InChI=1S/C16H21N3O2/c1-4-9-17-16(20)18-10-14-12(3)21-15(19-14)13-7-5-11(2)6-8-13/h5-8H,4,9-10H2,1-3H3,(H2,17,18,20). The van der Waals surface area contributed by atoms with Crippen LogP contribution in [0.25, 0.3) is 11.5 Å². The molecule has 0 saturated heterocycles. The fourth-order valence-corrected chi connectivity index (χ4v) is 1.88. The largest absolute Gasteiger partial charge is 0.441 e. The Kier molecular flexibility index (Phi) is 4.98. The van der Waals surface area contributed by atoms with Gasteiger partial charge in [-0.15, -0.1) is 0 Å². The molecule has 2 N–H and O–H groups in total. The summed E-state index contributed by atoms with van der Waals surface area (Å²) < 4.78 is 5.67. The minimum Gasteiger partial charge on any atom is -0.441 e. The smallest absolute Gasteiger partial charge is 0.315 e. The quantitative estimate of drug-likeness (QED) is 0.887. The molecule has 112 valence electrons. The summed E-state index contributed by atoms with van der Waals surface area (Å²) in [6.45, 7) is 6.92. The molecule has 2 rings (SSSR count). The average molecular weight is 287 g/mol. The maximum Gasteiger partial charge on any atom is 0.315 e. The Hall–Kier alpha value is -2.30. The molecule has 0 atom stereocenters. The van der Waals surface area contributed by atoms with E-state index >= 15 is 0 Å².